The Labute approximate surface area is 189 Å². The van der Waals surface area contributed by atoms with E-state index in [9.17, 15) is 5.11 Å². The summed E-state index contributed by atoms with van der Waals surface area (Å²) >= 11 is 3.08. The van der Waals surface area contributed by atoms with Gasteiger partial charge in [0.2, 0.25) is 0 Å². The monoisotopic (exact) mass is 430 g/mol. The first kappa shape index (κ1) is 23.6. The standard InChI is InChI=1S/C27H26OS2/c1-6-9-21(11-13-24-16-15-23(8-3)29-24)22(10-7-2)12-14-25-17-18-26(30-25)19-20-27(4,5)28/h3,15-18,28H,6-7,9-10H2,1-2,4-5H3/b22-21+. The molecule has 3 heteroatoms. The molecule has 152 valence electrons. The first-order valence-electron chi connectivity index (χ1n) is 10.0. The van der Waals surface area contributed by atoms with Gasteiger partial charge >= 0.3 is 0 Å². The van der Waals surface area contributed by atoms with Crippen LogP contribution in [0.4, 0.5) is 0 Å². The quantitative estimate of drug-likeness (QED) is 0.572. The highest BCUT2D eigenvalue weighted by Crippen LogP contribution is 2.19. The number of rotatable bonds is 4. The third kappa shape index (κ3) is 7.99. The van der Waals surface area contributed by atoms with E-state index in [1.54, 1.807) is 25.2 Å². The molecule has 0 aliphatic rings. The second kappa shape index (κ2) is 11.5. The number of aliphatic hydroxyl groups is 1. The average molecular weight is 431 g/mol. The smallest absolute Gasteiger partial charge is 0.120 e. The van der Waals surface area contributed by atoms with Crippen molar-refractivity contribution in [2.75, 3.05) is 0 Å². The van der Waals surface area contributed by atoms with Crippen LogP contribution in [0.1, 0.15) is 72.9 Å². The predicted octanol–water partition coefficient (Wildman–Crippen LogP) is 6.21. The van der Waals surface area contributed by atoms with E-state index in [2.05, 4.69) is 55.3 Å². The molecule has 2 rings (SSSR count). The fourth-order valence-electron chi connectivity index (χ4n) is 2.52. The summed E-state index contributed by atoms with van der Waals surface area (Å²) in [7, 11) is 0. The zero-order chi connectivity index (χ0) is 22.0. The molecule has 0 radical (unpaired) electrons. The first-order chi connectivity index (χ1) is 14.3. The lowest BCUT2D eigenvalue weighted by Gasteiger charge is -2.05. The van der Waals surface area contributed by atoms with Gasteiger partial charge in [-0.05, 0) is 51.0 Å². The molecule has 1 nitrogen and oxygen atoms in total. The van der Waals surface area contributed by atoms with E-state index >= 15 is 0 Å². The van der Waals surface area contributed by atoms with Crippen molar-refractivity contribution in [2.24, 2.45) is 0 Å². The highest BCUT2D eigenvalue weighted by Gasteiger charge is 2.06. The molecule has 0 aliphatic carbocycles. The maximum absolute atomic E-state index is 9.76. The van der Waals surface area contributed by atoms with Crippen molar-refractivity contribution in [3.05, 3.63) is 54.9 Å². The van der Waals surface area contributed by atoms with E-state index in [0.29, 0.717) is 0 Å². The van der Waals surface area contributed by atoms with E-state index < -0.39 is 5.60 Å². The zero-order valence-corrected chi connectivity index (χ0v) is 19.6. The Morgan fingerprint density at radius 2 is 1.27 bits per heavy atom. The minimum absolute atomic E-state index is 0.898. The summed E-state index contributed by atoms with van der Waals surface area (Å²) in [6.45, 7) is 7.67. The maximum atomic E-state index is 9.76. The Balaban J connectivity index is 2.34. The molecule has 2 aromatic heterocycles. The van der Waals surface area contributed by atoms with Crippen molar-refractivity contribution in [3.8, 4) is 47.9 Å². The minimum Gasteiger partial charge on any atom is -0.378 e. The van der Waals surface area contributed by atoms with Crippen LogP contribution in [-0.2, 0) is 0 Å². The molecule has 0 atom stereocenters. The Kier molecular flexibility index (Phi) is 9.06. The molecule has 0 amide bonds. The Hall–Kier alpha value is -2.66. The molecule has 2 heterocycles. The summed E-state index contributed by atoms with van der Waals surface area (Å²) in [6.07, 6.45) is 9.32. The van der Waals surface area contributed by atoms with Crippen LogP contribution in [0.15, 0.2) is 35.4 Å². The van der Waals surface area contributed by atoms with E-state index in [1.807, 2.05) is 24.3 Å². The van der Waals surface area contributed by atoms with Crippen molar-refractivity contribution in [1.82, 2.24) is 0 Å². The largest absolute Gasteiger partial charge is 0.378 e. The van der Waals surface area contributed by atoms with Crippen LogP contribution in [0.3, 0.4) is 0 Å². The summed E-state index contributed by atoms with van der Waals surface area (Å²) in [6, 6.07) is 7.83. The van der Waals surface area contributed by atoms with Crippen LogP contribution < -0.4 is 0 Å². The summed E-state index contributed by atoms with van der Waals surface area (Å²) in [4.78, 5) is 3.74. The van der Waals surface area contributed by atoms with Crippen molar-refractivity contribution in [3.63, 3.8) is 0 Å². The summed E-state index contributed by atoms with van der Waals surface area (Å²) < 4.78 is 0. The summed E-state index contributed by atoms with van der Waals surface area (Å²) in [5, 5.41) is 9.76. The number of allylic oxidation sites excluding steroid dienone is 2. The van der Waals surface area contributed by atoms with Gasteiger partial charge in [0, 0.05) is 11.1 Å². The first-order valence-corrected chi connectivity index (χ1v) is 11.7. The molecule has 0 aliphatic heterocycles. The van der Waals surface area contributed by atoms with Crippen LogP contribution >= 0.6 is 22.7 Å². The van der Waals surface area contributed by atoms with Crippen LogP contribution in [0, 0.1) is 47.9 Å². The highest BCUT2D eigenvalue weighted by atomic mass is 32.1. The second-order valence-electron chi connectivity index (χ2n) is 7.24. The summed E-state index contributed by atoms with van der Waals surface area (Å²) in [5.41, 5.74) is 1.23. The van der Waals surface area contributed by atoms with Crippen molar-refractivity contribution >= 4 is 22.7 Å². The van der Waals surface area contributed by atoms with Crippen molar-refractivity contribution < 1.29 is 5.11 Å². The van der Waals surface area contributed by atoms with Crippen LogP contribution in [0.25, 0.3) is 0 Å². The minimum atomic E-state index is -0.996. The number of thiophene rings is 2. The zero-order valence-electron chi connectivity index (χ0n) is 18.0. The molecule has 1 N–H and O–H groups in total. The fraction of sp³-hybridized carbons (Fsp3) is 0.333. The molecule has 2 aromatic rings. The van der Waals surface area contributed by atoms with Gasteiger partial charge in [-0.3, -0.25) is 0 Å². The molecular formula is C27H26OS2. The van der Waals surface area contributed by atoms with Crippen molar-refractivity contribution in [1.29, 1.82) is 0 Å². The van der Waals surface area contributed by atoms with Gasteiger partial charge in [0.05, 0.1) is 19.5 Å². The topological polar surface area (TPSA) is 20.2 Å². The van der Waals surface area contributed by atoms with Gasteiger partial charge in [0.25, 0.3) is 0 Å². The van der Waals surface area contributed by atoms with Gasteiger partial charge in [-0.25, -0.2) is 0 Å². The SMILES string of the molecule is C#Cc1ccc(C#C/C(CCC)=C(/C#Cc2ccc(C#CC(C)(C)O)s2)CCC)s1. The van der Waals surface area contributed by atoms with Crippen LogP contribution in [0.5, 0.6) is 0 Å². The molecule has 0 unspecified atom stereocenters. The van der Waals surface area contributed by atoms with E-state index in [4.69, 9.17) is 6.42 Å². The highest BCUT2D eigenvalue weighted by molar-refractivity contribution is 7.13. The molecule has 0 spiro atoms. The lowest BCUT2D eigenvalue weighted by Crippen LogP contribution is -2.14. The Morgan fingerprint density at radius 1 is 0.833 bits per heavy atom. The third-order valence-electron chi connectivity index (χ3n) is 3.88. The molecule has 30 heavy (non-hydrogen) atoms. The average Bonchev–Trinajstić information content (AvgIpc) is 3.35. The maximum Gasteiger partial charge on any atom is 0.120 e. The number of hydrogen-bond donors (Lipinski definition) is 1. The van der Waals surface area contributed by atoms with Gasteiger partial charge < -0.3 is 5.11 Å². The normalized spacial score (nSPS) is 11.1. The molecular weight excluding hydrogens is 404 g/mol. The lowest BCUT2D eigenvalue weighted by molar-refractivity contribution is 0.143. The lowest BCUT2D eigenvalue weighted by atomic mass is 10.0. The van der Waals surface area contributed by atoms with E-state index in [1.165, 1.54) is 11.3 Å². The predicted molar refractivity (Wildman–Crippen MR) is 130 cm³/mol. The molecule has 0 bridgehead atoms. The van der Waals surface area contributed by atoms with Crippen LogP contribution in [-0.4, -0.2) is 10.7 Å². The Morgan fingerprint density at radius 3 is 1.67 bits per heavy atom. The van der Waals surface area contributed by atoms with E-state index in [0.717, 1.165) is 56.3 Å². The Bertz CT molecular complexity index is 1120. The van der Waals surface area contributed by atoms with Gasteiger partial charge in [-0.2, -0.15) is 0 Å². The van der Waals surface area contributed by atoms with E-state index in [-0.39, 0.29) is 0 Å². The second-order valence-corrected chi connectivity index (χ2v) is 9.41. The van der Waals surface area contributed by atoms with Gasteiger partial charge in [0.15, 0.2) is 0 Å². The number of terminal acetylenes is 1. The molecule has 0 saturated carbocycles. The van der Waals surface area contributed by atoms with Crippen LogP contribution in [0.2, 0.25) is 0 Å². The summed E-state index contributed by atoms with van der Waals surface area (Å²) in [5.74, 6) is 21.8. The molecule has 0 aromatic carbocycles. The van der Waals surface area contributed by atoms with Gasteiger partial charge in [0.1, 0.15) is 5.60 Å². The molecule has 0 saturated heterocycles. The molecule has 0 fully saturated rings. The fourth-order valence-corrected chi connectivity index (χ4v) is 3.90. The van der Waals surface area contributed by atoms with Gasteiger partial charge in [-0.1, -0.05) is 68.1 Å². The van der Waals surface area contributed by atoms with Gasteiger partial charge in [-0.15, -0.1) is 29.1 Å². The number of hydrogen-bond acceptors (Lipinski definition) is 3. The third-order valence-corrected chi connectivity index (χ3v) is 5.73. The van der Waals surface area contributed by atoms with Crippen molar-refractivity contribution in [2.45, 2.75) is 59.0 Å².